The smallest absolute Gasteiger partial charge is 0.146 e. The second-order valence-electron chi connectivity index (χ2n) is 5.56. The Bertz CT molecular complexity index is 940. The molecule has 5 heteroatoms. The third-order valence-electron chi connectivity index (χ3n) is 3.88. The maximum absolute atomic E-state index is 13.8. The van der Waals surface area contributed by atoms with Gasteiger partial charge in [-0.05, 0) is 42.8 Å². The van der Waals surface area contributed by atoms with Crippen molar-refractivity contribution in [3.05, 3.63) is 94.3 Å². The van der Waals surface area contributed by atoms with Crippen LogP contribution in [0.5, 0.6) is 0 Å². The lowest BCUT2D eigenvalue weighted by atomic mass is 9.98. The minimum atomic E-state index is -0.347. The highest BCUT2D eigenvalue weighted by Gasteiger charge is 2.14. The van der Waals surface area contributed by atoms with E-state index in [0.29, 0.717) is 27.7 Å². The Hall–Kier alpha value is -2.85. The van der Waals surface area contributed by atoms with Gasteiger partial charge in [0.15, 0.2) is 0 Å². The van der Waals surface area contributed by atoms with Gasteiger partial charge in [-0.1, -0.05) is 53.2 Å². The van der Waals surface area contributed by atoms with Crippen LogP contribution in [0.25, 0.3) is 0 Å². The van der Waals surface area contributed by atoms with E-state index >= 15 is 0 Å². The molecule has 25 heavy (non-hydrogen) atoms. The maximum atomic E-state index is 13.8. The van der Waals surface area contributed by atoms with Crippen molar-refractivity contribution in [3.63, 3.8) is 0 Å². The highest BCUT2D eigenvalue weighted by Crippen LogP contribution is 2.27. The van der Waals surface area contributed by atoms with Gasteiger partial charge < -0.3 is 10.5 Å². The van der Waals surface area contributed by atoms with Gasteiger partial charge in [0.25, 0.3) is 0 Å². The summed E-state index contributed by atoms with van der Waals surface area (Å²) < 4.78 is 13.8. The average Bonchev–Trinajstić information content (AvgIpc) is 2.61. The Balaban J connectivity index is 1.94. The molecule has 0 saturated heterocycles. The molecule has 0 saturated carbocycles. The Morgan fingerprint density at radius 2 is 1.72 bits per heavy atom. The summed E-state index contributed by atoms with van der Waals surface area (Å²) in [6.07, 6.45) is 0. The quantitative estimate of drug-likeness (QED) is 0.355. The van der Waals surface area contributed by atoms with Gasteiger partial charge in [0, 0.05) is 16.8 Å². The number of anilines is 2. The van der Waals surface area contributed by atoms with Crippen LogP contribution in [0.15, 0.2) is 71.9 Å². The van der Waals surface area contributed by atoms with E-state index in [9.17, 15) is 9.60 Å². The third kappa shape index (κ3) is 3.64. The van der Waals surface area contributed by atoms with Gasteiger partial charge in [0.05, 0.1) is 10.7 Å². The van der Waals surface area contributed by atoms with Gasteiger partial charge in [-0.25, -0.2) is 4.39 Å². The molecule has 0 spiro atoms. The first-order valence-corrected chi connectivity index (χ1v) is 8.07. The lowest BCUT2D eigenvalue weighted by molar-refractivity contribution is 0.319. The standard InChI is InChI=1S/C20H16ClFN2O/c1-13-6-2-3-7-15(13)20(24-25)16-11-10-14(12-17(16)21)23-19-9-5-4-8-18(19)22/h2-12,23,25H,1H3/b24-20-. The molecule has 3 aromatic rings. The van der Waals surface area contributed by atoms with E-state index in [1.165, 1.54) is 6.07 Å². The van der Waals surface area contributed by atoms with Crippen molar-refractivity contribution < 1.29 is 9.60 Å². The zero-order valence-corrected chi connectivity index (χ0v) is 14.3. The summed E-state index contributed by atoms with van der Waals surface area (Å²) in [4.78, 5) is 0. The van der Waals surface area contributed by atoms with E-state index in [4.69, 9.17) is 11.6 Å². The Morgan fingerprint density at radius 1 is 1.00 bits per heavy atom. The van der Waals surface area contributed by atoms with Crippen molar-refractivity contribution in [2.45, 2.75) is 6.92 Å². The van der Waals surface area contributed by atoms with Crippen molar-refractivity contribution in [3.8, 4) is 0 Å². The molecule has 0 aromatic heterocycles. The van der Waals surface area contributed by atoms with Crippen molar-refractivity contribution in [1.82, 2.24) is 0 Å². The Kier molecular flexibility index (Phi) is 5.00. The summed E-state index contributed by atoms with van der Waals surface area (Å²) in [7, 11) is 0. The normalized spacial score (nSPS) is 11.4. The molecular weight excluding hydrogens is 339 g/mol. The van der Waals surface area contributed by atoms with Crippen molar-refractivity contribution in [2.24, 2.45) is 5.16 Å². The van der Waals surface area contributed by atoms with E-state index < -0.39 is 0 Å². The average molecular weight is 355 g/mol. The predicted octanol–water partition coefficient (Wildman–Crippen LogP) is 5.76. The number of aryl methyl sites for hydroxylation is 1. The SMILES string of the molecule is Cc1ccccc1/C(=N/O)c1ccc(Nc2ccccc2F)cc1Cl. The van der Waals surface area contributed by atoms with Gasteiger partial charge in [-0.3, -0.25) is 0 Å². The zero-order valence-electron chi connectivity index (χ0n) is 13.5. The summed E-state index contributed by atoms with van der Waals surface area (Å²) >= 11 is 6.39. The number of nitrogens with zero attached hydrogens (tertiary/aromatic N) is 1. The highest BCUT2D eigenvalue weighted by molar-refractivity contribution is 6.35. The first-order chi connectivity index (χ1) is 12.1. The lowest BCUT2D eigenvalue weighted by Gasteiger charge is -2.12. The van der Waals surface area contributed by atoms with Crippen LogP contribution in [0, 0.1) is 12.7 Å². The van der Waals surface area contributed by atoms with Crippen LogP contribution in [-0.2, 0) is 0 Å². The van der Waals surface area contributed by atoms with Crippen LogP contribution in [0.1, 0.15) is 16.7 Å². The molecule has 0 amide bonds. The molecule has 0 unspecified atom stereocenters. The monoisotopic (exact) mass is 354 g/mol. The summed E-state index contributed by atoms with van der Waals surface area (Å²) in [5.41, 5.74) is 3.75. The number of halogens is 2. The van der Waals surface area contributed by atoms with E-state index in [1.807, 2.05) is 31.2 Å². The molecule has 126 valence electrons. The number of oxime groups is 1. The molecule has 0 aliphatic carbocycles. The second-order valence-corrected chi connectivity index (χ2v) is 5.97. The molecule has 0 bridgehead atoms. The van der Waals surface area contributed by atoms with Crippen LogP contribution in [0.2, 0.25) is 5.02 Å². The largest absolute Gasteiger partial charge is 0.410 e. The first-order valence-electron chi connectivity index (χ1n) is 7.69. The number of benzene rings is 3. The third-order valence-corrected chi connectivity index (χ3v) is 4.19. The molecular formula is C20H16ClFN2O. The van der Waals surface area contributed by atoms with Crippen LogP contribution >= 0.6 is 11.6 Å². The van der Waals surface area contributed by atoms with Crippen LogP contribution < -0.4 is 5.32 Å². The number of para-hydroxylation sites is 1. The molecule has 0 atom stereocenters. The molecule has 0 heterocycles. The molecule has 3 aromatic carbocycles. The fourth-order valence-corrected chi connectivity index (χ4v) is 2.86. The summed E-state index contributed by atoms with van der Waals surface area (Å²) in [6, 6.07) is 19.2. The first kappa shape index (κ1) is 17.0. The zero-order chi connectivity index (χ0) is 17.8. The van der Waals surface area contributed by atoms with E-state index in [-0.39, 0.29) is 5.82 Å². The summed E-state index contributed by atoms with van der Waals surface area (Å²) in [6.45, 7) is 1.93. The van der Waals surface area contributed by atoms with Crippen molar-refractivity contribution >= 4 is 28.7 Å². The number of hydrogen-bond donors (Lipinski definition) is 2. The highest BCUT2D eigenvalue weighted by atomic mass is 35.5. The van der Waals surface area contributed by atoms with Crippen LogP contribution in [0.3, 0.4) is 0 Å². The van der Waals surface area contributed by atoms with E-state index in [2.05, 4.69) is 10.5 Å². The number of hydrogen-bond acceptors (Lipinski definition) is 3. The second kappa shape index (κ2) is 7.36. The fraction of sp³-hybridized carbons (Fsp3) is 0.0500. The van der Waals surface area contributed by atoms with Gasteiger partial charge in [-0.15, -0.1) is 0 Å². The molecule has 0 aliphatic heterocycles. The Morgan fingerprint density at radius 3 is 2.40 bits per heavy atom. The summed E-state index contributed by atoms with van der Waals surface area (Å²) in [5.74, 6) is -0.347. The predicted molar refractivity (Wildman–Crippen MR) is 99.7 cm³/mol. The molecule has 2 N–H and O–H groups in total. The molecule has 3 nitrogen and oxygen atoms in total. The minimum Gasteiger partial charge on any atom is -0.410 e. The van der Waals surface area contributed by atoms with Gasteiger partial charge in [-0.2, -0.15) is 0 Å². The number of rotatable bonds is 4. The fourth-order valence-electron chi connectivity index (χ4n) is 2.59. The minimum absolute atomic E-state index is 0.347. The van der Waals surface area contributed by atoms with Crippen LogP contribution in [0.4, 0.5) is 15.8 Å². The Labute approximate surface area is 150 Å². The van der Waals surface area contributed by atoms with Crippen LogP contribution in [-0.4, -0.2) is 10.9 Å². The van der Waals surface area contributed by atoms with Gasteiger partial charge in [0.2, 0.25) is 0 Å². The van der Waals surface area contributed by atoms with Crippen molar-refractivity contribution in [1.29, 1.82) is 0 Å². The topological polar surface area (TPSA) is 44.6 Å². The van der Waals surface area contributed by atoms with E-state index in [0.717, 1.165) is 11.1 Å². The molecule has 0 radical (unpaired) electrons. The maximum Gasteiger partial charge on any atom is 0.146 e. The van der Waals surface area contributed by atoms with Gasteiger partial charge in [0.1, 0.15) is 11.5 Å². The molecule has 0 aliphatic rings. The molecule has 3 rings (SSSR count). The number of nitrogens with one attached hydrogen (secondary N) is 1. The van der Waals surface area contributed by atoms with Gasteiger partial charge >= 0.3 is 0 Å². The summed E-state index contributed by atoms with van der Waals surface area (Å²) in [5, 5.41) is 16.3. The van der Waals surface area contributed by atoms with Crippen molar-refractivity contribution in [2.75, 3.05) is 5.32 Å². The van der Waals surface area contributed by atoms with E-state index in [1.54, 1.807) is 36.4 Å². The molecule has 0 fully saturated rings. The lowest BCUT2D eigenvalue weighted by Crippen LogP contribution is -2.06.